The van der Waals surface area contributed by atoms with Gasteiger partial charge in [0.05, 0.1) is 17.7 Å². The van der Waals surface area contributed by atoms with Crippen molar-refractivity contribution in [3.8, 4) is 0 Å². The van der Waals surface area contributed by atoms with E-state index in [1.165, 1.54) is 7.05 Å². The fourth-order valence-corrected chi connectivity index (χ4v) is 3.06. The highest BCUT2D eigenvalue weighted by atomic mass is 19.4. The van der Waals surface area contributed by atoms with E-state index in [4.69, 9.17) is 0 Å². The minimum absolute atomic E-state index is 0.130. The van der Waals surface area contributed by atoms with Crippen molar-refractivity contribution in [1.82, 2.24) is 15.1 Å². The molecule has 2 rings (SSSR count). The molecule has 0 radical (unpaired) electrons. The van der Waals surface area contributed by atoms with E-state index >= 15 is 0 Å². The average Bonchev–Trinajstić information content (AvgIpc) is 2.81. The zero-order chi connectivity index (χ0) is 20.9. The lowest BCUT2D eigenvalue weighted by Crippen LogP contribution is -2.34. The molecule has 6 nitrogen and oxygen atoms in total. The van der Waals surface area contributed by atoms with E-state index in [9.17, 15) is 27.6 Å². The molecule has 0 spiro atoms. The predicted octanol–water partition coefficient (Wildman–Crippen LogP) is 2.37. The van der Waals surface area contributed by atoms with E-state index in [2.05, 4.69) is 5.32 Å². The van der Waals surface area contributed by atoms with Gasteiger partial charge in [-0.2, -0.15) is 13.2 Å². The van der Waals surface area contributed by atoms with Gasteiger partial charge >= 0.3 is 6.18 Å². The molecule has 1 aliphatic heterocycles. The summed E-state index contributed by atoms with van der Waals surface area (Å²) in [6.07, 6.45) is -3.38. The van der Waals surface area contributed by atoms with Gasteiger partial charge in [-0.25, -0.2) is 0 Å². The van der Waals surface area contributed by atoms with Crippen LogP contribution in [0.4, 0.5) is 13.2 Å². The number of rotatable bonds is 9. The number of fused-ring (bicyclic) bond motifs is 1. The number of nitrogens with one attached hydrogen (secondary N) is 1. The van der Waals surface area contributed by atoms with Crippen LogP contribution >= 0.6 is 0 Å². The molecule has 1 heterocycles. The van der Waals surface area contributed by atoms with Crippen molar-refractivity contribution in [3.05, 3.63) is 34.9 Å². The van der Waals surface area contributed by atoms with E-state index in [1.54, 1.807) is 18.2 Å². The lowest BCUT2D eigenvalue weighted by molar-refractivity contribution is -0.143. The van der Waals surface area contributed by atoms with Gasteiger partial charge < -0.3 is 5.32 Å². The third kappa shape index (κ3) is 6.05. The number of hydrogen-bond acceptors (Lipinski definition) is 4. The number of alkyl halides is 3. The zero-order valence-electron chi connectivity index (χ0n) is 15.9. The number of hydrogen-bond donors (Lipinski definition) is 1. The molecular formula is C19H24F3N3O3. The van der Waals surface area contributed by atoms with Crippen LogP contribution in [0.15, 0.2) is 18.2 Å². The molecule has 0 fully saturated rings. The molecule has 0 aromatic heterocycles. The maximum Gasteiger partial charge on any atom is 0.401 e. The van der Waals surface area contributed by atoms with Gasteiger partial charge in [0.2, 0.25) is 5.91 Å². The number of halogens is 3. The highest BCUT2D eigenvalue weighted by Crippen LogP contribution is 2.24. The van der Waals surface area contributed by atoms with Crippen molar-refractivity contribution in [2.45, 2.75) is 32.4 Å². The van der Waals surface area contributed by atoms with Crippen LogP contribution in [0.3, 0.4) is 0 Å². The SMILES string of the molecule is Cc1ccc2c(c1)C(=O)N(CCCC(=O)NCCCN(C)CC(F)(F)F)C2=O. The summed E-state index contributed by atoms with van der Waals surface area (Å²) in [5.41, 5.74) is 1.66. The monoisotopic (exact) mass is 399 g/mol. The van der Waals surface area contributed by atoms with Gasteiger partial charge in [-0.15, -0.1) is 0 Å². The average molecular weight is 399 g/mol. The largest absolute Gasteiger partial charge is 0.401 e. The normalized spacial score (nSPS) is 14.0. The molecule has 1 N–H and O–H groups in total. The second-order valence-electron chi connectivity index (χ2n) is 6.97. The van der Waals surface area contributed by atoms with Crippen LogP contribution < -0.4 is 5.32 Å². The molecule has 0 unspecified atom stereocenters. The van der Waals surface area contributed by atoms with Gasteiger partial charge in [-0.3, -0.25) is 24.2 Å². The van der Waals surface area contributed by atoms with Gasteiger partial charge in [0.25, 0.3) is 11.8 Å². The molecular weight excluding hydrogens is 375 g/mol. The molecule has 1 aromatic carbocycles. The van der Waals surface area contributed by atoms with E-state index < -0.39 is 12.7 Å². The summed E-state index contributed by atoms with van der Waals surface area (Å²) in [7, 11) is 1.37. The first-order valence-corrected chi connectivity index (χ1v) is 9.07. The van der Waals surface area contributed by atoms with E-state index in [-0.39, 0.29) is 43.8 Å². The second-order valence-corrected chi connectivity index (χ2v) is 6.97. The molecule has 28 heavy (non-hydrogen) atoms. The first kappa shape index (κ1) is 21.9. The van der Waals surface area contributed by atoms with Crippen LogP contribution in [0.25, 0.3) is 0 Å². The molecule has 1 aromatic rings. The van der Waals surface area contributed by atoms with Gasteiger partial charge in [-0.05, 0) is 45.5 Å². The summed E-state index contributed by atoms with van der Waals surface area (Å²) >= 11 is 0. The van der Waals surface area contributed by atoms with Gasteiger partial charge in [0.1, 0.15) is 0 Å². The maximum absolute atomic E-state index is 12.3. The van der Waals surface area contributed by atoms with Gasteiger partial charge in [0, 0.05) is 19.5 Å². The minimum Gasteiger partial charge on any atom is -0.356 e. The summed E-state index contributed by atoms with van der Waals surface area (Å²) in [5, 5.41) is 2.64. The number of carbonyl (C=O) groups excluding carboxylic acids is 3. The van der Waals surface area contributed by atoms with Crippen molar-refractivity contribution in [1.29, 1.82) is 0 Å². The summed E-state index contributed by atoms with van der Waals surface area (Å²) in [5.74, 6) is -0.962. The molecule has 0 atom stereocenters. The first-order chi connectivity index (χ1) is 13.1. The zero-order valence-corrected chi connectivity index (χ0v) is 15.9. The molecule has 0 bridgehead atoms. The molecule has 1 aliphatic rings. The van der Waals surface area contributed by atoms with E-state index in [0.29, 0.717) is 24.0 Å². The fourth-order valence-electron chi connectivity index (χ4n) is 3.06. The number of amides is 3. The Labute approximate surface area is 161 Å². The third-order valence-corrected chi connectivity index (χ3v) is 4.40. The Morgan fingerprint density at radius 2 is 1.82 bits per heavy atom. The number of imide groups is 1. The maximum atomic E-state index is 12.3. The molecule has 0 saturated carbocycles. The topological polar surface area (TPSA) is 69.7 Å². The number of nitrogens with zero attached hydrogens (tertiary/aromatic N) is 2. The second kappa shape index (κ2) is 9.18. The Hall–Kier alpha value is -2.42. The van der Waals surface area contributed by atoms with Crippen LogP contribution in [0.1, 0.15) is 45.5 Å². The third-order valence-electron chi connectivity index (χ3n) is 4.40. The summed E-state index contributed by atoms with van der Waals surface area (Å²) in [4.78, 5) is 38.7. The highest BCUT2D eigenvalue weighted by Gasteiger charge is 2.35. The molecule has 154 valence electrons. The van der Waals surface area contributed by atoms with Crippen LogP contribution in [-0.4, -0.2) is 66.9 Å². The molecule has 0 saturated heterocycles. The van der Waals surface area contributed by atoms with Crippen molar-refractivity contribution in [2.75, 3.05) is 33.2 Å². The van der Waals surface area contributed by atoms with E-state index in [0.717, 1.165) is 15.4 Å². The summed E-state index contributed by atoms with van der Waals surface area (Å²) < 4.78 is 36.6. The van der Waals surface area contributed by atoms with Crippen LogP contribution in [0.2, 0.25) is 0 Å². The Balaban J connectivity index is 1.66. The molecule has 9 heteroatoms. The smallest absolute Gasteiger partial charge is 0.356 e. The van der Waals surface area contributed by atoms with Gasteiger partial charge in [-0.1, -0.05) is 11.6 Å². The Morgan fingerprint density at radius 1 is 1.14 bits per heavy atom. The number of aryl methyl sites for hydroxylation is 1. The van der Waals surface area contributed by atoms with Crippen LogP contribution in [0.5, 0.6) is 0 Å². The first-order valence-electron chi connectivity index (χ1n) is 9.07. The van der Waals surface area contributed by atoms with Crippen LogP contribution in [0, 0.1) is 6.92 Å². The Kier molecular flexibility index (Phi) is 7.17. The van der Waals surface area contributed by atoms with Crippen molar-refractivity contribution in [2.24, 2.45) is 0 Å². The highest BCUT2D eigenvalue weighted by molar-refractivity contribution is 6.21. The fraction of sp³-hybridized carbons (Fsp3) is 0.526. The minimum atomic E-state index is -4.24. The van der Waals surface area contributed by atoms with Crippen molar-refractivity contribution < 1.29 is 27.6 Å². The summed E-state index contributed by atoms with van der Waals surface area (Å²) in [6.45, 7) is 1.49. The van der Waals surface area contributed by atoms with Gasteiger partial charge in [0.15, 0.2) is 0 Å². The van der Waals surface area contributed by atoms with E-state index in [1.807, 2.05) is 6.92 Å². The van der Waals surface area contributed by atoms with Crippen LogP contribution in [-0.2, 0) is 4.79 Å². The number of benzene rings is 1. The predicted molar refractivity (Wildman–Crippen MR) is 97.0 cm³/mol. The molecule has 0 aliphatic carbocycles. The lowest BCUT2D eigenvalue weighted by Gasteiger charge is -2.18. The Bertz CT molecular complexity index is 750. The number of carbonyl (C=O) groups is 3. The van der Waals surface area contributed by atoms with Crippen molar-refractivity contribution >= 4 is 17.7 Å². The standard InChI is InChI=1S/C19H24F3N3O3/c1-13-6-7-14-15(11-13)18(28)25(17(14)27)10-3-5-16(26)23-8-4-9-24(2)12-19(20,21)22/h6-7,11H,3-5,8-10,12H2,1-2H3,(H,23,26). The summed E-state index contributed by atoms with van der Waals surface area (Å²) in [6, 6.07) is 5.08. The van der Waals surface area contributed by atoms with Crippen molar-refractivity contribution in [3.63, 3.8) is 0 Å². The Morgan fingerprint density at radius 3 is 2.50 bits per heavy atom. The lowest BCUT2D eigenvalue weighted by atomic mass is 10.1. The molecule has 3 amide bonds. The quantitative estimate of drug-likeness (QED) is 0.511.